The minimum atomic E-state index is -1.23. The minimum absolute atomic E-state index is 0.0325. The van der Waals surface area contributed by atoms with Gasteiger partial charge in [0, 0.05) is 12.1 Å². The second kappa shape index (κ2) is 11.4. The van der Waals surface area contributed by atoms with E-state index in [2.05, 4.69) is 0 Å². The summed E-state index contributed by atoms with van der Waals surface area (Å²) in [5.74, 6) is -3.56. The van der Waals surface area contributed by atoms with Gasteiger partial charge in [-0.2, -0.15) is 11.3 Å². The summed E-state index contributed by atoms with van der Waals surface area (Å²) in [4.78, 5) is 26.4. The Balaban J connectivity index is 1.53. The average Bonchev–Trinajstić information content (AvgIpc) is 3.47. The zero-order valence-electron chi connectivity index (χ0n) is 21.5. The van der Waals surface area contributed by atoms with Crippen LogP contribution in [0.2, 0.25) is 0 Å². The Labute approximate surface area is 240 Å². The summed E-state index contributed by atoms with van der Waals surface area (Å²) < 4.78 is 10.8. The van der Waals surface area contributed by atoms with E-state index in [4.69, 9.17) is 8.83 Å². The fourth-order valence-corrected chi connectivity index (χ4v) is 4.96. The first-order valence-electron chi connectivity index (χ1n) is 12.3. The molecule has 212 valence electrons. The fraction of sp³-hybridized carbons (Fsp3) is 0.0323. The van der Waals surface area contributed by atoms with Gasteiger partial charge in [-0.05, 0) is 69.9 Å². The largest absolute Gasteiger partial charge is 0.507 e. The third-order valence-electron chi connectivity index (χ3n) is 6.30. The maximum Gasteiger partial charge on any atom is 0.344 e. The zero-order chi connectivity index (χ0) is 30.0. The second-order valence-electron chi connectivity index (χ2n) is 9.12. The van der Waals surface area contributed by atoms with E-state index in [0.29, 0.717) is 16.7 Å². The Morgan fingerprint density at radius 3 is 1.43 bits per heavy atom. The summed E-state index contributed by atoms with van der Waals surface area (Å²) in [6, 6.07) is 12.2. The highest BCUT2D eigenvalue weighted by molar-refractivity contribution is 7.08. The van der Waals surface area contributed by atoms with Crippen molar-refractivity contribution < 1.29 is 39.5 Å². The van der Waals surface area contributed by atoms with E-state index >= 15 is 0 Å². The molecular weight excluding hydrogens is 564 g/mol. The molecule has 5 aromatic rings. The molecule has 0 aliphatic heterocycles. The molecular formula is C31H22O10S. The number of hydrogen-bond donors (Lipinski definition) is 6. The Hall–Kier alpha value is -5.68. The number of phenols is 4. The molecule has 11 heteroatoms. The summed E-state index contributed by atoms with van der Waals surface area (Å²) in [6.45, 7) is 0. The van der Waals surface area contributed by atoms with E-state index in [0.717, 1.165) is 0 Å². The maximum absolute atomic E-state index is 13.2. The van der Waals surface area contributed by atoms with Crippen LogP contribution in [0.4, 0.5) is 0 Å². The standard InChI is InChI=1S/C31H22O10S/c32-21-7-3-16(11-23(21)34)1-5-19-13-25(36)28(30(38)40-19)27(18-9-10-42-15-18)29-26(37)14-20(41-31(29)39)6-2-17-4-8-22(33)24(35)12-17/h1-15,27,32-37H. The van der Waals surface area contributed by atoms with Gasteiger partial charge < -0.3 is 39.5 Å². The molecule has 0 saturated heterocycles. The molecule has 3 aromatic heterocycles. The van der Waals surface area contributed by atoms with Crippen LogP contribution in [0.5, 0.6) is 34.5 Å². The molecule has 0 aliphatic carbocycles. The van der Waals surface area contributed by atoms with Crippen molar-refractivity contribution in [3.05, 3.63) is 126 Å². The Bertz CT molecular complexity index is 1820. The molecule has 0 unspecified atom stereocenters. The van der Waals surface area contributed by atoms with Crippen LogP contribution in [0.1, 0.15) is 45.3 Å². The lowest BCUT2D eigenvalue weighted by Crippen LogP contribution is -2.21. The highest BCUT2D eigenvalue weighted by Crippen LogP contribution is 2.39. The van der Waals surface area contributed by atoms with Crippen LogP contribution in [0, 0.1) is 0 Å². The first-order valence-corrected chi connectivity index (χ1v) is 13.2. The van der Waals surface area contributed by atoms with Crippen molar-refractivity contribution in [2.75, 3.05) is 0 Å². The molecule has 0 aliphatic rings. The molecule has 0 fully saturated rings. The van der Waals surface area contributed by atoms with Crippen molar-refractivity contribution in [1.29, 1.82) is 0 Å². The van der Waals surface area contributed by atoms with Crippen molar-refractivity contribution >= 4 is 35.6 Å². The lowest BCUT2D eigenvalue weighted by atomic mass is 9.87. The van der Waals surface area contributed by atoms with Crippen molar-refractivity contribution in [3.63, 3.8) is 0 Å². The normalized spacial score (nSPS) is 12.3. The van der Waals surface area contributed by atoms with Crippen LogP contribution < -0.4 is 11.3 Å². The third kappa shape index (κ3) is 5.76. The quantitative estimate of drug-likeness (QED) is 0.135. The molecule has 0 bridgehead atoms. The van der Waals surface area contributed by atoms with Crippen LogP contribution in [0.25, 0.3) is 24.3 Å². The molecule has 0 amide bonds. The van der Waals surface area contributed by atoms with E-state index in [1.165, 1.54) is 84.2 Å². The molecule has 0 spiro atoms. The van der Waals surface area contributed by atoms with Crippen LogP contribution >= 0.6 is 11.3 Å². The lowest BCUT2D eigenvalue weighted by Gasteiger charge is -2.17. The van der Waals surface area contributed by atoms with Gasteiger partial charge in [0.1, 0.15) is 23.0 Å². The third-order valence-corrected chi connectivity index (χ3v) is 7.01. The highest BCUT2D eigenvalue weighted by Gasteiger charge is 2.31. The van der Waals surface area contributed by atoms with Crippen LogP contribution in [0.3, 0.4) is 0 Å². The highest BCUT2D eigenvalue weighted by atomic mass is 32.1. The molecule has 3 heterocycles. The lowest BCUT2D eigenvalue weighted by molar-refractivity contribution is 0.403. The van der Waals surface area contributed by atoms with Gasteiger partial charge in [0.2, 0.25) is 0 Å². The van der Waals surface area contributed by atoms with Crippen LogP contribution in [-0.4, -0.2) is 30.6 Å². The Morgan fingerprint density at radius 2 is 1.05 bits per heavy atom. The first-order chi connectivity index (χ1) is 20.1. The molecule has 0 radical (unpaired) electrons. The van der Waals surface area contributed by atoms with Crippen LogP contribution in [-0.2, 0) is 0 Å². The van der Waals surface area contributed by atoms with E-state index < -0.39 is 28.7 Å². The summed E-state index contributed by atoms with van der Waals surface area (Å²) in [7, 11) is 0. The zero-order valence-corrected chi connectivity index (χ0v) is 22.3. The topological polar surface area (TPSA) is 182 Å². The van der Waals surface area contributed by atoms with Gasteiger partial charge in [0.15, 0.2) is 23.0 Å². The maximum atomic E-state index is 13.2. The monoisotopic (exact) mass is 586 g/mol. The van der Waals surface area contributed by atoms with E-state index in [1.807, 2.05) is 0 Å². The summed E-state index contributed by atoms with van der Waals surface area (Å²) in [5, 5.41) is 63.5. The summed E-state index contributed by atoms with van der Waals surface area (Å²) in [6.07, 6.45) is 5.71. The predicted octanol–water partition coefficient (Wildman–Crippen LogP) is 5.41. The first kappa shape index (κ1) is 27.9. The molecule has 6 N–H and O–H groups in total. The predicted molar refractivity (Wildman–Crippen MR) is 156 cm³/mol. The molecule has 0 saturated carbocycles. The molecule has 10 nitrogen and oxygen atoms in total. The SMILES string of the molecule is O=c1oc(C=Cc2ccc(O)c(O)c2)cc(O)c1C(c1ccsc1)c1c(O)cc(C=Cc2ccc(O)c(O)c2)oc1=O. The fourth-order valence-electron chi connectivity index (χ4n) is 4.27. The van der Waals surface area contributed by atoms with Gasteiger partial charge in [0.25, 0.3) is 0 Å². The number of benzene rings is 2. The van der Waals surface area contributed by atoms with Crippen LogP contribution in [0.15, 0.2) is 83.8 Å². The van der Waals surface area contributed by atoms with E-state index in [1.54, 1.807) is 16.8 Å². The smallest absolute Gasteiger partial charge is 0.344 e. The number of aromatic hydroxyl groups is 6. The number of phenolic OH excluding ortho intramolecular Hbond substituents is 4. The van der Waals surface area contributed by atoms with E-state index in [9.17, 15) is 40.2 Å². The minimum Gasteiger partial charge on any atom is -0.507 e. The molecule has 5 rings (SSSR count). The van der Waals surface area contributed by atoms with Gasteiger partial charge in [-0.25, -0.2) is 9.59 Å². The molecule has 2 aromatic carbocycles. The summed E-state index contributed by atoms with van der Waals surface area (Å²) in [5.41, 5.74) is -1.13. The van der Waals surface area contributed by atoms with E-state index in [-0.39, 0.29) is 45.6 Å². The van der Waals surface area contributed by atoms with Crippen molar-refractivity contribution in [2.45, 2.75) is 5.92 Å². The van der Waals surface area contributed by atoms with Gasteiger partial charge >= 0.3 is 11.3 Å². The molecule has 0 atom stereocenters. The Morgan fingerprint density at radius 1 is 0.571 bits per heavy atom. The summed E-state index contributed by atoms with van der Waals surface area (Å²) >= 11 is 1.28. The number of hydrogen-bond acceptors (Lipinski definition) is 11. The number of rotatable bonds is 7. The van der Waals surface area contributed by atoms with Crippen molar-refractivity contribution in [3.8, 4) is 34.5 Å². The number of thiophene rings is 1. The second-order valence-corrected chi connectivity index (χ2v) is 9.90. The van der Waals surface area contributed by atoms with Crippen molar-refractivity contribution in [1.82, 2.24) is 0 Å². The van der Waals surface area contributed by atoms with Gasteiger partial charge in [0.05, 0.1) is 17.0 Å². The molecule has 42 heavy (non-hydrogen) atoms. The van der Waals surface area contributed by atoms with Gasteiger partial charge in [-0.15, -0.1) is 0 Å². The average molecular weight is 587 g/mol. The van der Waals surface area contributed by atoms with Gasteiger partial charge in [-0.1, -0.05) is 24.3 Å². The Kier molecular flexibility index (Phi) is 7.59. The van der Waals surface area contributed by atoms with Crippen molar-refractivity contribution in [2.24, 2.45) is 0 Å². The van der Waals surface area contributed by atoms with Gasteiger partial charge in [-0.3, -0.25) is 0 Å².